The maximum absolute atomic E-state index is 12.4. The second-order valence-corrected chi connectivity index (χ2v) is 7.54. The van der Waals surface area contributed by atoms with E-state index < -0.39 is 0 Å². The van der Waals surface area contributed by atoms with Crippen molar-refractivity contribution < 1.29 is 4.79 Å². The molecule has 1 saturated heterocycles. The highest BCUT2D eigenvalue weighted by atomic mass is 16.2. The minimum Gasteiger partial charge on any atom is -0.378 e. The highest BCUT2D eigenvalue weighted by Crippen LogP contribution is 2.24. The molecule has 1 aliphatic rings. The van der Waals surface area contributed by atoms with Gasteiger partial charge < -0.3 is 20.4 Å². The lowest BCUT2D eigenvalue weighted by Crippen LogP contribution is -2.48. The average molecular weight is 382 g/mol. The zero-order chi connectivity index (χ0) is 19.9. The third-order valence-corrected chi connectivity index (χ3v) is 5.26. The average Bonchev–Trinajstić information content (AvgIpc) is 2.70. The molecule has 2 N–H and O–H groups in total. The summed E-state index contributed by atoms with van der Waals surface area (Å²) in [5.41, 5.74) is 3.21. The normalized spacial score (nSPS) is 16.4. The van der Waals surface area contributed by atoms with E-state index in [0.717, 1.165) is 31.9 Å². The Labute approximate surface area is 168 Å². The van der Waals surface area contributed by atoms with E-state index in [4.69, 9.17) is 0 Å². The molecule has 0 spiro atoms. The van der Waals surface area contributed by atoms with Crippen molar-refractivity contribution in [3.05, 3.63) is 60.2 Å². The number of hydrogen-bond donors (Lipinski definition) is 2. The Hall–Kier alpha value is -2.57. The summed E-state index contributed by atoms with van der Waals surface area (Å²) in [6.07, 6.45) is 0. The molecule has 0 radical (unpaired) electrons. The van der Waals surface area contributed by atoms with Gasteiger partial charge in [-0.25, -0.2) is 4.79 Å². The van der Waals surface area contributed by atoms with Crippen LogP contribution in [0.2, 0.25) is 0 Å². The molecular formula is C22H31N5O. The summed E-state index contributed by atoms with van der Waals surface area (Å²) in [5.74, 6) is 0. The van der Waals surface area contributed by atoms with Gasteiger partial charge in [0.25, 0.3) is 0 Å². The number of urea groups is 1. The predicted molar refractivity (Wildman–Crippen MR) is 116 cm³/mol. The maximum Gasteiger partial charge on any atom is 0.319 e. The fourth-order valence-electron chi connectivity index (χ4n) is 3.47. The molecule has 0 bridgehead atoms. The van der Waals surface area contributed by atoms with Gasteiger partial charge >= 0.3 is 6.03 Å². The monoisotopic (exact) mass is 381 g/mol. The van der Waals surface area contributed by atoms with Crippen LogP contribution in [-0.2, 0) is 0 Å². The summed E-state index contributed by atoms with van der Waals surface area (Å²) >= 11 is 0. The first kappa shape index (κ1) is 20.2. The quantitative estimate of drug-likeness (QED) is 0.808. The fourth-order valence-corrected chi connectivity index (χ4v) is 3.47. The lowest BCUT2D eigenvalue weighted by atomic mass is 10.0. The van der Waals surface area contributed by atoms with Gasteiger partial charge in [-0.3, -0.25) is 4.90 Å². The van der Waals surface area contributed by atoms with Crippen LogP contribution in [0.25, 0.3) is 0 Å². The van der Waals surface area contributed by atoms with Crippen LogP contribution < -0.4 is 15.5 Å². The molecule has 1 fully saturated rings. The van der Waals surface area contributed by atoms with Crippen molar-refractivity contribution in [2.24, 2.45) is 0 Å². The van der Waals surface area contributed by atoms with Gasteiger partial charge in [0.05, 0.1) is 6.04 Å². The lowest BCUT2D eigenvalue weighted by molar-refractivity contribution is 0.111. The summed E-state index contributed by atoms with van der Waals surface area (Å²) in [6.45, 7) is 4.66. The van der Waals surface area contributed by atoms with Crippen molar-refractivity contribution in [3.63, 3.8) is 0 Å². The zero-order valence-electron chi connectivity index (χ0n) is 17.1. The smallest absolute Gasteiger partial charge is 0.319 e. The van der Waals surface area contributed by atoms with Gasteiger partial charge in [-0.05, 0) is 36.9 Å². The Balaban J connectivity index is 1.68. The van der Waals surface area contributed by atoms with E-state index in [1.54, 1.807) is 0 Å². The number of piperazine rings is 1. The van der Waals surface area contributed by atoms with E-state index in [1.807, 2.05) is 44.4 Å². The molecule has 28 heavy (non-hydrogen) atoms. The number of hydrogen-bond acceptors (Lipinski definition) is 4. The minimum atomic E-state index is -0.171. The second kappa shape index (κ2) is 9.57. The molecule has 0 aliphatic carbocycles. The topological polar surface area (TPSA) is 50.9 Å². The summed E-state index contributed by atoms with van der Waals surface area (Å²) < 4.78 is 0. The molecule has 1 aliphatic heterocycles. The number of carbonyl (C=O) groups excluding carboxylic acids is 1. The molecule has 2 aromatic rings. The predicted octanol–water partition coefficient (Wildman–Crippen LogP) is 2.86. The first-order valence-corrected chi connectivity index (χ1v) is 9.83. The molecule has 0 unspecified atom stereocenters. The number of para-hydroxylation sites is 1. The van der Waals surface area contributed by atoms with Gasteiger partial charge in [0.15, 0.2) is 0 Å². The summed E-state index contributed by atoms with van der Waals surface area (Å²) in [5, 5.41) is 5.96. The van der Waals surface area contributed by atoms with E-state index in [2.05, 4.69) is 56.6 Å². The van der Waals surface area contributed by atoms with Gasteiger partial charge in [0.2, 0.25) is 0 Å². The number of amides is 2. The third-order valence-electron chi connectivity index (χ3n) is 5.26. The Morgan fingerprint density at radius 2 is 1.64 bits per heavy atom. The van der Waals surface area contributed by atoms with Crippen LogP contribution in [0.1, 0.15) is 11.6 Å². The van der Waals surface area contributed by atoms with Crippen molar-refractivity contribution >= 4 is 17.4 Å². The Morgan fingerprint density at radius 1 is 1.00 bits per heavy atom. The van der Waals surface area contributed by atoms with Crippen LogP contribution in [0, 0.1) is 0 Å². The van der Waals surface area contributed by atoms with Crippen LogP contribution in [0.5, 0.6) is 0 Å². The Kier molecular flexibility index (Phi) is 6.90. The molecule has 1 atom stereocenters. The molecule has 0 saturated carbocycles. The summed E-state index contributed by atoms with van der Waals surface area (Å²) in [6, 6.07) is 18.2. The van der Waals surface area contributed by atoms with Crippen molar-refractivity contribution in [1.82, 2.24) is 15.1 Å². The fraction of sp³-hybridized carbons (Fsp3) is 0.409. The van der Waals surface area contributed by atoms with Gasteiger partial charge in [-0.2, -0.15) is 0 Å². The highest BCUT2D eigenvalue weighted by Gasteiger charge is 2.24. The van der Waals surface area contributed by atoms with Gasteiger partial charge in [-0.15, -0.1) is 0 Å². The van der Waals surface area contributed by atoms with Crippen LogP contribution in [0.4, 0.5) is 16.2 Å². The van der Waals surface area contributed by atoms with Crippen LogP contribution in [-0.4, -0.2) is 69.7 Å². The van der Waals surface area contributed by atoms with Crippen molar-refractivity contribution in [3.8, 4) is 0 Å². The molecule has 0 aromatic heterocycles. The number of nitrogens with one attached hydrogen (secondary N) is 2. The number of anilines is 2. The molecule has 1 heterocycles. The van der Waals surface area contributed by atoms with Crippen LogP contribution in [0.3, 0.4) is 0 Å². The molecule has 2 amide bonds. The third kappa shape index (κ3) is 5.47. The van der Waals surface area contributed by atoms with E-state index >= 15 is 0 Å². The van der Waals surface area contributed by atoms with E-state index in [0.29, 0.717) is 6.54 Å². The first-order valence-electron chi connectivity index (χ1n) is 9.83. The standard InChI is InChI=1S/C22H31N5O/c1-25(2)20-11-9-18(10-12-20)21(27-15-13-26(3)14-16-27)17-23-22(28)24-19-7-5-4-6-8-19/h4-12,21H,13-17H2,1-3H3,(H2,23,24,28)/t21-/m1/s1. The van der Waals surface area contributed by atoms with E-state index in [1.165, 1.54) is 11.3 Å². The molecule has 150 valence electrons. The minimum absolute atomic E-state index is 0.159. The number of likely N-dealkylation sites (N-methyl/N-ethyl adjacent to an activating group) is 1. The van der Waals surface area contributed by atoms with Crippen molar-refractivity contribution in [1.29, 1.82) is 0 Å². The molecular weight excluding hydrogens is 350 g/mol. The summed E-state index contributed by atoms with van der Waals surface area (Å²) in [7, 11) is 6.24. The van der Waals surface area contributed by atoms with Gasteiger partial charge in [-0.1, -0.05) is 30.3 Å². The number of carbonyl (C=O) groups is 1. The largest absolute Gasteiger partial charge is 0.378 e. The Bertz CT molecular complexity index is 739. The van der Waals surface area contributed by atoms with Gasteiger partial charge in [0, 0.05) is 58.2 Å². The number of nitrogens with zero attached hydrogens (tertiary/aromatic N) is 3. The SMILES string of the molecule is CN1CCN([C@H](CNC(=O)Nc2ccccc2)c2ccc(N(C)C)cc2)CC1. The molecule has 6 nitrogen and oxygen atoms in total. The lowest BCUT2D eigenvalue weighted by Gasteiger charge is -2.38. The van der Waals surface area contributed by atoms with Gasteiger partial charge in [0.1, 0.15) is 0 Å². The van der Waals surface area contributed by atoms with E-state index in [-0.39, 0.29) is 12.1 Å². The molecule has 6 heteroatoms. The molecule has 3 rings (SSSR count). The summed E-state index contributed by atoms with van der Waals surface area (Å²) in [4.78, 5) is 19.3. The Morgan fingerprint density at radius 3 is 2.25 bits per heavy atom. The van der Waals surface area contributed by atoms with Crippen molar-refractivity contribution in [2.45, 2.75) is 6.04 Å². The highest BCUT2D eigenvalue weighted by molar-refractivity contribution is 5.89. The zero-order valence-corrected chi connectivity index (χ0v) is 17.1. The van der Waals surface area contributed by atoms with Crippen LogP contribution in [0.15, 0.2) is 54.6 Å². The van der Waals surface area contributed by atoms with E-state index in [9.17, 15) is 4.79 Å². The van der Waals surface area contributed by atoms with Crippen LogP contribution >= 0.6 is 0 Å². The number of rotatable bonds is 6. The second-order valence-electron chi connectivity index (χ2n) is 7.54. The first-order chi connectivity index (χ1) is 13.5. The molecule has 2 aromatic carbocycles. The van der Waals surface area contributed by atoms with Crippen molar-refractivity contribution in [2.75, 3.05) is 64.1 Å². The number of benzene rings is 2. The maximum atomic E-state index is 12.4.